The zero-order valence-corrected chi connectivity index (χ0v) is 8.86. The van der Waals surface area contributed by atoms with E-state index < -0.39 is 0 Å². The number of allylic oxidation sites excluding steroid dienone is 2. The van der Waals surface area contributed by atoms with Gasteiger partial charge in [-0.05, 0) is 74.0 Å². The van der Waals surface area contributed by atoms with Gasteiger partial charge in [0.2, 0.25) is 0 Å². The molecule has 76 valence electrons. The second-order valence-corrected chi connectivity index (χ2v) is 6.14. The van der Waals surface area contributed by atoms with Crippen LogP contribution in [0.3, 0.4) is 0 Å². The monoisotopic (exact) mass is 188 g/mol. The highest BCUT2D eigenvalue weighted by Gasteiger charge is 2.55. The molecule has 0 aromatic carbocycles. The lowest BCUT2D eigenvalue weighted by Gasteiger charge is -2.30. The molecule has 6 unspecified atom stereocenters. The van der Waals surface area contributed by atoms with Crippen molar-refractivity contribution < 1.29 is 0 Å². The van der Waals surface area contributed by atoms with Crippen molar-refractivity contribution in [1.29, 1.82) is 0 Å². The van der Waals surface area contributed by atoms with Gasteiger partial charge in [-0.1, -0.05) is 12.2 Å². The van der Waals surface area contributed by atoms with Gasteiger partial charge >= 0.3 is 0 Å². The quantitative estimate of drug-likeness (QED) is 0.509. The Hall–Kier alpha value is -0.260. The maximum Gasteiger partial charge on any atom is -0.0199 e. The van der Waals surface area contributed by atoms with Crippen LogP contribution in [0.2, 0.25) is 0 Å². The Labute approximate surface area is 86.8 Å². The first-order chi connectivity index (χ1) is 6.93. The van der Waals surface area contributed by atoms with Crippen LogP contribution in [-0.2, 0) is 0 Å². The van der Waals surface area contributed by atoms with Crippen LogP contribution in [0.4, 0.5) is 0 Å². The normalized spacial score (nSPS) is 58.9. The lowest BCUT2D eigenvalue weighted by molar-refractivity contribution is 0.196. The largest absolute Gasteiger partial charge is 0.0882 e. The zero-order chi connectivity index (χ0) is 9.12. The molecule has 6 atom stereocenters. The Morgan fingerprint density at radius 2 is 1.79 bits per heavy atom. The van der Waals surface area contributed by atoms with Crippen LogP contribution in [0.5, 0.6) is 0 Å². The standard InChI is InChI=1S/C14H20/c1-2-4-12-9(3-1)8-13-10-5-6-11(7-10)14(12)13/h1,3,9-14H,2,4-8H2. The summed E-state index contributed by atoms with van der Waals surface area (Å²) in [5, 5.41) is 0. The van der Waals surface area contributed by atoms with Crippen molar-refractivity contribution in [3.8, 4) is 0 Å². The highest BCUT2D eigenvalue weighted by molar-refractivity contribution is 5.11. The smallest absolute Gasteiger partial charge is 0.0199 e. The predicted molar refractivity (Wildman–Crippen MR) is 57.8 cm³/mol. The van der Waals surface area contributed by atoms with Gasteiger partial charge in [-0.3, -0.25) is 0 Å². The summed E-state index contributed by atoms with van der Waals surface area (Å²) in [6.45, 7) is 0. The lowest BCUT2D eigenvalue weighted by atomic mass is 9.74. The first-order valence-corrected chi connectivity index (χ1v) is 6.60. The number of hydrogen-bond acceptors (Lipinski definition) is 0. The molecule has 0 amide bonds. The van der Waals surface area contributed by atoms with Gasteiger partial charge in [-0.2, -0.15) is 0 Å². The highest BCUT2D eigenvalue weighted by Crippen LogP contribution is 2.63. The van der Waals surface area contributed by atoms with Crippen molar-refractivity contribution in [3.63, 3.8) is 0 Å². The molecular weight excluding hydrogens is 168 g/mol. The van der Waals surface area contributed by atoms with Crippen molar-refractivity contribution in [2.75, 3.05) is 0 Å². The van der Waals surface area contributed by atoms with E-state index in [4.69, 9.17) is 0 Å². The maximum absolute atomic E-state index is 2.56. The van der Waals surface area contributed by atoms with Crippen molar-refractivity contribution in [1.82, 2.24) is 0 Å². The maximum atomic E-state index is 2.56. The number of rotatable bonds is 0. The molecule has 0 radical (unpaired) electrons. The SMILES string of the molecule is C1=CC2CC3C4CCC(C4)C3C2CC1. The minimum atomic E-state index is 1.00. The Kier molecular flexibility index (Phi) is 1.51. The summed E-state index contributed by atoms with van der Waals surface area (Å²) in [6, 6.07) is 0. The van der Waals surface area contributed by atoms with E-state index in [-0.39, 0.29) is 0 Å². The van der Waals surface area contributed by atoms with Gasteiger partial charge in [0.05, 0.1) is 0 Å². The Balaban J connectivity index is 1.69. The fourth-order valence-corrected chi connectivity index (χ4v) is 5.43. The summed E-state index contributed by atoms with van der Waals surface area (Å²) >= 11 is 0. The summed E-state index contributed by atoms with van der Waals surface area (Å²) in [7, 11) is 0. The van der Waals surface area contributed by atoms with Crippen molar-refractivity contribution in [2.45, 2.75) is 38.5 Å². The van der Waals surface area contributed by atoms with Gasteiger partial charge in [0, 0.05) is 0 Å². The van der Waals surface area contributed by atoms with Crippen molar-refractivity contribution in [3.05, 3.63) is 12.2 Å². The topological polar surface area (TPSA) is 0 Å². The third-order valence-corrected chi connectivity index (χ3v) is 5.80. The van der Waals surface area contributed by atoms with Gasteiger partial charge in [0.15, 0.2) is 0 Å². The van der Waals surface area contributed by atoms with Gasteiger partial charge in [-0.15, -0.1) is 0 Å². The molecule has 0 heterocycles. The van der Waals surface area contributed by atoms with Crippen LogP contribution in [0, 0.1) is 35.5 Å². The molecule has 4 aliphatic rings. The van der Waals surface area contributed by atoms with Gasteiger partial charge < -0.3 is 0 Å². The minimum absolute atomic E-state index is 1.00. The molecule has 0 aliphatic heterocycles. The molecule has 0 aromatic heterocycles. The van der Waals surface area contributed by atoms with E-state index >= 15 is 0 Å². The average Bonchev–Trinajstić information content (AvgIpc) is 2.88. The Bertz CT molecular complexity index is 278. The van der Waals surface area contributed by atoms with Crippen molar-refractivity contribution in [2.24, 2.45) is 35.5 Å². The average molecular weight is 188 g/mol. The third kappa shape index (κ3) is 0.857. The molecule has 0 saturated heterocycles. The Morgan fingerprint density at radius 1 is 0.857 bits per heavy atom. The summed E-state index contributed by atoms with van der Waals surface area (Å²) in [6.07, 6.45) is 14.2. The fourth-order valence-electron chi connectivity index (χ4n) is 5.43. The van der Waals surface area contributed by atoms with Crippen LogP contribution >= 0.6 is 0 Å². The molecule has 0 nitrogen and oxygen atoms in total. The molecule has 4 rings (SSSR count). The van der Waals surface area contributed by atoms with Crippen LogP contribution in [-0.4, -0.2) is 0 Å². The second-order valence-electron chi connectivity index (χ2n) is 6.14. The highest BCUT2D eigenvalue weighted by atomic mass is 14.6. The van der Waals surface area contributed by atoms with E-state index in [0.717, 1.165) is 29.6 Å². The molecule has 0 spiro atoms. The van der Waals surface area contributed by atoms with Gasteiger partial charge in [-0.25, -0.2) is 0 Å². The molecular formula is C14H20. The van der Waals surface area contributed by atoms with Crippen LogP contribution in [0.1, 0.15) is 38.5 Å². The number of fused-ring (bicyclic) bond motifs is 7. The minimum Gasteiger partial charge on any atom is -0.0882 e. The Morgan fingerprint density at radius 3 is 2.79 bits per heavy atom. The van der Waals surface area contributed by atoms with E-state index in [1.165, 1.54) is 18.8 Å². The fraction of sp³-hybridized carbons (Fsp3) is 0.857. The van der Waals surface area contributed by atoms with Crippen LogP contribution in [0.25, 0.3) is 0 Å². The molecule has 0 aromatic rings. The van der Waals surface area contributed by atoms with Crippen molar-refractivity contribution >= 4 is 0 Å². The number of hydrogen-bond donors (Lipinski definition) is 0. The van der Waals surface area contributed by atoms with Crippen LogP contribution in [0.15, 0.2) is 12.2 Å². The molecule has 0 N–H and O–H groups in total. The van der Waals surface area contributed by atoms with Gasteiger partial charge in [0.1, 0.15) is 0 Å². The molecule has 2 bridgehead atoms. The second kappa shape index (κ2) is 2.65. The molecule has 0 heteroatoms. The molecule has 4 aliphatic carbocycles. The first kappa shape index (κ1) is 7.96. The van der Waals surface area contributed by atoms with E-state index in [0.29, 0.717) is 0 Å². The summed E-state index contributed by atoms with van der Waals surface area (Å²) in [5.74, 6) is 6.76. The third-order valence-electron chi connectivity index (χ3n) is 5.80. The first-order valence-electron chi connectivity index (χ1n) is 6.60. The summed E-state index contributed by atoms with van der Waals surface area (Å²) in [4.78, 5) is 0. The lowest BCUT2D eigenvalue weighted by Crippen LogP contribution is -2.24. The molecule has 3 saturated carbocycles. The van der Waals surface area contributed by atoms with E-state index in [9.17, 15) is 0 Å². The summed E-state index contributed by atoms with van der Waals surface area (Å²) in [5.41, 5.74) is 0. The molecule has 14 heavy (non-hydrogen) atoms. The van der Waals surface area contributed by atoms with E-state index in [1.807, 2.05) is 0 Å². The van der Waals surface area contributed by atoms with E-state index in [1.54, 1.807) is 25.7 Å². The van der Waals surface area contributed by atoms with Crippen LogP contribution < -0.4 is 0 Å². The summed E-state index contributed by atoms with van der Waals surface area (Å²) < 4.78 is 0. The zero-order valence-electron chi connectivity index (χ0n) is 8.86. The van der Waals surface area contributed by atoms with Gasteiger partial charge in [0.25, 0.3) is 0 Å². The predicted octanol–water partition coefficient (Wildman–Crippen LogP) is 3.63. The van der Waals surface area contributed by atoms with E-state index in [2.05, 4.69) is 12.2 Å². The molecule has 3 fully saturated rings.